The minimum atomic E-state index is -0.216. The minimum Gasteiger partial charge on any atom is -0.403 e. The molecule has 3 heterocycles. The summed E-state index contributed by atoms with van der Waals surface area (Å²) in [6.45, 7) is 13.7. The molecule has 31 heavy (non-hydrogen) atoms. The van der Waals surface area contributed by atoms with E-state index in [1.807, 2.05) is 0 Å². The highest BCUT2D eigenvalue weighted by Gasteiger charge is 2.63. The first-order valence-electron chi connectivity index (χ1n) is 13.4. The summed E-state index contributed by atoms with van der Waals surface area (Å²) in [6, 6.07) is 2.13. The molecule has 0 radical (unpaired) electrons. The summed E-state index contributed by atoms with van der Waals surface area (Å²) < 4.78 is 20.0. The second-order valence-corrected chi connectivity index (χ2v) is 13.3. The molecule has 3 aliphatic carbocycles. The van der Waals surface area contributed by atoms with Crippen LogP contribution in [0, 0.1) is 23.7 Å². The van der Waals surface area contributed by atoms with Gasteiger partial charge in [-0.2, -0.15) is 0 Å². The molecule has 0 amide bonds. The van der Waals surface area contributed by atoms with E-state index in [-0.39, 0.29) is 18.3 Å². The molecule has 0 aromatic heterocycles. The Morgan fingerprint density at radius 1 is 0.710 bits per heavy atom. The van der Waals surface area contributed by atoms with Crippen molar-refractivity contribution in [2.45, 2.75) is 140 Å². The Bertz CT molecular complexity index is 697. The number of nitrogens with zero attached hydrogens (tertiary/aromatic N) is 1. The van der Waals surface area contributed by atoms with Crippen LogP contribution < -0.4 is 0 Å². The SMILES string of the molecule is CC1CCC2C(C1)OC1CC(C)CC3C4CC(B5OC(C)(C)C(C)(C)O5)CCC4N2C13. The first-order valence-corrected chi connectivity index (χ1v) is 13.4. The van der Waals surface area contributed by atoms with Crippen molar-refractivity contribution in [2.75, 3.05) is 0 Å². The van der Waals surface area contributed by atoms with Crippen molar-refractivity contribution in [2.24, 2.45) is 23.7 Å². The maximum Gasteiger partial charge on any atom is 0.461 e. The van der Waals surface area contributed by atoms with Crippen LogP contribution in [-0.4, -0.2) is 53.6 Å². The van der Waals surface area contributed by atoms with E-state index in [1.54, 1.807) is 0 Å². The topological polar surface area (TPSA) is 30.9 Å². The molecule has 3 aliphatic heterocycles. The second-order valence-electron chi connectivity index (χ2n) is 13.3. The average molecular weight is 429 g/mol. The number of hydrogen-bond acceptors (Lipinski definition) is 4. The van der Waals surface area contributed by atoms with Crippen LogP contribution in [0.15, 0.2) is 0 Å². The van der Waals surface area contributed by atoms with Crippen LogP contribution in [0.1, 0.15) is 92.9 Å². The lowest BCUT2D eigenvalue weighted by molar-refractivity contribution is -0.187. The molecule has 3 saturated carbocycles. The highest BCUT2D eigenvalue weighted by molar-refractivity contribution is 6.47. The van der Waals surface area contributed by atoms with Gasteiger partial charge in [-0.25, -0.2) is 0 Å². The fourth-order valence-corrected chi connectivity index (χ4v) is 8.58. The molecule has 174 valence electrons. The Morgan fingerprint density at radius 2 is 1.39 bits per heavy atom. The van der Waals surface area contributed by atoms with Gasteiger partial charge in [0.15, 0.2) is 0 Å². The van der Waals surface area contributed by atoms with Gasteiger partial charge in [-0.05, 0) is 102 Å². The van der Waals surface area contributed by atoms with Crippen molar-refractivity contribution >= 4 is 7.12 Å². The maximum absolute atomic E-state index is 6.91. The van der Waals surface area contributed by atoms with Gasteiger partial charge in [0.2, 0.25) is 0 Å². The zero-order chi connectivity index (χ0) is 21.7. The molecule has 3 saturated heterocycles. The quantitative estimate of drug-likeness (QED) is 0.529. The zero-order valence-electron chi connectivity index (χ0n) is 20.7. The Hall–Kier alpha value is -0.0951. The van der Waals surface area contributed by atoms with E-state index in [0.29, 0.717) is 30.1 Å². The zero-order valence-corrected chi connectivity index (χ0v) is 20.7. The molecule has 10 unspecified atom stereocenters. The highest BCUT2D eigenvalue weighted by atomic mass is 16.7. The van der Waals surface area contributed by atoms with Gasteiger partial charge < -0.3 is 14.0 Å². The van der Waals surface area contributed by atoms with Crippen molar-refractivity contribution in [1.82, 2.24) is 4.90 Å². The molecule has 4 nitrogen and oxygen atoms in total. The normalized spacial score (nSPS) is 53.0. The van der Waals surface area contributed by atoms with Gasteiger partial charge in [-0.15, -0.1) is 0 Å². The predicted octanol–water partition coefficient (Wildman–Crippen LogP) is 5.30. The third-order valence-electron chi connectivity index (χ3n) is 10.7. The van der Waals surface area contributed by atoms with Gasteiger partial charge in [-0.3, -0.25) is 4.90 Å². The first-order chi connectivity index (χ1) is 14.6. The molecule has 6 rings (SSSR count). The summed E-state index contributed by atoms with van der Waals surface area (Å²) in [5.41, 5.74) is -0.433. The largest absolute Gasteiger partial charge is 0.461 e. The average Bonchev–Trinajstić information content (AvgIpc) is 3.12. The Labute approximate surface area is 190 Å². The molecule has 0 aromatic carbocycles. The van der Waals surface area contributed by atoms with Crippen molar-refractivity contribution in [3.63, 3.8) is 0 Å². The summed E-state index contributed by atoms with van der Waals surface area (Å²) in [4.78, 5) is 3.06. The van der Waals surface area contributed by atoms with Crippen LogP contribution in [-0.2, 0) is 14.0 Å². The molecule has 5 heteroatoms. The molecule has 10 atom stereocenters. The van der Waals surface area contributed by atoms with Crippen LogP contribution in [0.2, 0.25) is 5.82 Å². The first kappa shape index (κ1) is 21.4. The number of ether oxygens (including phenoxy) is 1. The second kappa shape index (κ2) is 7.20. The Morgan fingerprint density at radius 3 is 2.13 bits per heavy atom. The third-order valence-corrected chi connectivity index (χ3v) is 10.7. The molecule has 6 aliphatic rings. The Balaban J connectivity index is 1.26. The Kier molecular flexibility index (Phi) is 4.98. The van der Waals surface area contributed by atoms with Crippen LogP contribution in [0.4, 0.5) is 0 Å². The molecule has 0 bridgehead atoms. The maximum atomic E-state index is 6.91. The van der Waals surface area contributed by atoms with E-state index in [2.05, 4.69) is 46.4 Å². The van der Waals surface area contributed by atoms with Crippen LogP contribution in [0.25, 0.3) is 0 Å². The van der Waals surface area contributed by atoms with Crippen LogP contribution >= 0.6 is 0 Å². The van der Waals surface area contributed by atoms with Gasteiger partial charge in [-0.1, -0.05) is 20.3 Å². The van der Waals surface area contributed by atoms with E-state index in [9.17, 15) is 0 Å². The predicted molar refractivity (Wildman–Crippen MR) is 124 cm³/mol. The summed E-state index contributed by atoms with van der Waals surface area (Å²) in [6.07, 6.45) is 11.5. The summed E-state index contributed by atoms with van der Waals surface area (Å²) >= 11 is 0. The number of rotatable bonds is 1. The lowest BCUT2D eigenvalue weighted by Crippen LogP contribution is -2.64. The van der Waals surface area contributed by atoms with Gasteiger partial charge in [0.1, 0.15) is 0 Å². The van der Waals surface area contributed by atoms with Crippen molar-refractivity contribution in [3.8, 4) is 0 Å². The van der Waals surface area contributed by atoms with Gasteiger partial charge in [0.05, 0.1) is 23.4 Å². The fourth-order valence-electron chi connectivity index (χ4n) is 8.58. The molecule has 0 N–H and O–H groups in total. The van der Waals surface area contributed by atoms with Gasteiger partial charge >= 0.3 is 7.12 Å². The van der Waals surface area contributed by atoms with Crippen molar-refractivity contribution in [1.29, 1.82) is 0 Å². The summed E-state index contributed by atoms with van der Waals surface area (Å²) in [7, 11) is -0.0279. The van der Waals surface area contributed by atoms with Crippen LogP contribution in [0.3, 0.4) is 0 Å². The lowest BCUT2D eigenvalue weighted by Gasteiger charge is -2.55. The minimum absolute atomic E-state index is 0.0279. The third kappa shape index (κ3) is 3.23. The van der Waals surface area contributed by atoms with E-state index in [1.165, 1.54) is 51.4 Å². The van der Waals surface area contributed by atoms with Gasteiger partial charge in [0.25, 0.3) is 0 Å². The molecule has 6 fully saturated rings. The smallest absolute Gasteiger partial charge is 0.403 e. The lowest BCUT2D eigenvalue weighted by atomic mass is 9.58. The molecule has 0 aromatic rings. The number of fused-ring (bicyclic) bond motifs is 5. The van der Waals surface area contributed by atoms with Crippen LogP contribution in [0.5, 0.6) is 0 Å². The standard InChI is InChI=1S/C26H44BNO3/c1-15-7-9-21-22(12-15)29-23-13-16(2)11-19-18-14-17(8-10-20(18)28(21)24(19)23)27-30-25(3,4)26(5,6)31-27/h15-24H,7-14H2,1-6H3. The van der Waals surface area contributed by atoms with Crippen molar-refractivity contribution < 1.29 is 14.0 Å². The molecular weight excluding hydrogens is 385 g/mol. The monoisotopic (exact) mass is 429 g/mol. The van der Waals surface area contributed by atoms with E-state index < -0.39 is 0 Å². The highest BCUT2D eigenvalue weighted by Crippen LogP contribution is 2.58. The number of morpholine rings is 1. The number of hydrogen-bond donors (Lipinski definition) is 0. The van der Waals surface area contributed by atoms with Gasteiger partial charge in [0, 0.05) is 18.1 Å². The van der Waals surface area contributed by atoms with Crippen molar-refractivity contribution in [3.05, 3.63) is 0 Å². The van der Waals surface area contributed by atoms with E-state index >= 15 is 0 Å². The molecular formula is C26H44BNO3. The molecule has 0 spiro atoms. The van der Waals surface area contributed by atoms with E-state index in [0.717, 1.165) is 29.7 Å². The summed E-state index contributed by atoms with van der Waals surface area (Å²) in [5.74, 6) is 3.77. The summed E-state index contributed by atoms with van der Waals surface area (Å²) in [5, 5.41) is 0. The van der Waals surface area contributed by atoms with E-state index in [4.69, 9.17) is 14.0 Å². The fraction of sp³-hybridized carbons (Fsp3) is 1.00.